The Morgan fingerprint density at radius 1 is 1.42 bits per heavy atom. The zero-order chi connectivity index (χ0) is 8.81. The number of unbranched alkanes of at least 4 members (excludes halogenated alkanes) is 2. The van der Waals surface area contributed by atoms with E-state index >= 15 is 0 Å². The third-order valence-electron chi connectivity index (χ3n) is 2.43. The first-order valence-corrected chi connectivity index (χ1v) is 6.33. The Morgan fingerprint density at radius 3 is 2.92 bits per heavy atom. The van der Waals surface area contributed by atoms with Crippen LogP contribution in [0.15, 0.2) is 0 Å². The van der Waals surface area contributed by atoms with E-state index in [-0.39, 0.29) is 0 Å². The molecule has 1 fully saturated rings. The van der Waals surface area contributed by atoms with E-state index in [1.54, 1.807) is 0 Å². The maximum Gasteiger partial charge on any atom is 0.0585 e. The summed E-state index contributed by atoms with van der Waals surface area (Å²) < 4.78 is 6.55. The fraction of sp³-hybridized carbons (Fsp3) is 1.00. The fourth-order valence-corrected chi connectivity index (χ4v) is 2.48. The average Bonchev–Trinajstić information content (AvgIpc) is 2.05. The Hall–Kier alpha value is 0.690. The maximum atomic E-state index is 5.69. The molecule has 0 radical (unpaired) electrons. The van der Waals surface area contributed by atoms with Gasteiger partial charge in [-0.25, -0.2) is 0 Å². The monoisotopic (exact) mass is 282 g/mol. The van der Waals surface area contributed by atoms with E-state index in [0.29, 0.717) is 6.10 Å². The van der Waals surface area contributed by atoms with Crippen molar-refractivity contribution >= 4 is 22.6 Å². The molecule has 0 bridgehead atoms. The zero-order valence-corrected chi connectivity index (χ0v) is 10.0. The topological polar surface area (TPSA) is 9.23 Å². The first-order valence-electron chi connectivity index (χ1n) is 5.08. The molecule has 72 valence electrons. The third kappa shape index (κ3) is 4.08. The lowest BCUT2D eigenvalue weighted by atomic mass is 10.0. The van der Waals surface area contributed by atoms with Gasteiger partial charge in [-0.3, -0.25) is 0 Å². The van der Waals surface area contributed by atoms with Crippen molar-refractivity contribution in [1.29, 1.82) is 0 Å². The second-order valence-corrected chi connectivity index (χ2v) is 5.37. The molecule has 1 saturated heterocycles. The molecule has 2 atom stereocenters. The molecule has 1 aliphatic heterocycles. The number of alkyl halides is 1. The van der Waals surface area contributed by atoms with E-state index in [9.17, 15) is 0 Å². The van der Waals surface area contributed by atoms with Gasteiger partial charge in [0.2, 0.25) is 0 Å². The minimum Gasteiger partial charge on any atom is -0.378 e. The van der Waals surface area contributed by atoms with Crippen molar-refractivity contribution in [2.24, 2.45) is 0 Å². The second kappa shape index (κ2) is 6.19. The van der Waals surface area contributed by atoms with Crippen LogP contribution in [-0.2, 0) is 4.74 Å². The van der Waals surface area contributed by atoms with Crippen molar-refractivity contribution in [2.45, 2.75) is 55.5 Å². The van der Waals surface area contributed by atoms with Crippen LogP contribution >= 0.6 is 22.6 Å². The Morgan fingerprint density at radius 2 is 2.25 bits per heavy atom. The maximum absolute atomic E-state index is 5.69. The summed E-state index contributed by atoms with van der Waals surface area (Å²) in [5, 5.41) is 0. The summed E-state index contributed by atoms with van der Waals surface area (Å²) in [5.41, 5.74) is 0. The molecule has 1 heterocycles. The number of hydrogen-bond acceptors (Lipinski definition) is 1. The Kier molecular flexibility index (Phi) is 5.56. The third-order valence-corrected chi connectivity index (χ3v) is 3.56. The lowest BCUT2D eigenvalue weighted by Crippen LogP contribution is -2.25. The zero-order valence-electron chi connectivity index (χ0n) is 7.89. The highest BCUT2D eigenvalue weighted by atomic mass is 127. The van der Waals surface area contributed by atoms with Crippen molar-refractivity contribution < 1.29 is 4.74 Å². The van der Waals surface area contributed by atoms with Crippen LogP contribution in [0.2, 0.25) is 0 Å². The molecular formula is C10H19IO. The molecule has 0 aliphatic carbocycles. The molecule has 1 aliphatic rings. The van der Waals surface area contributed by atoms with E-state index in [1.807, 2.05) is 0 Å². The normalized spacial score (nSPS) is 30.5. The van der Waals surface area contributed by atoms with Gasteiger partial charge in [0, 0.05) is 10.5 Å². The van der Waals surface area contributed by atoms with Gasteiger partial charge < -0.3 is 4.74 Å². The minimum absolute atomic E-state index is 0.576. The van der Waals surface area contributed by atoms with Crippen LogP contribution in [0, 0.1) is 0 Å². The van der Waals surface area contributed by atoms with E-state index in [4.69, 9.17) is 4.74 Å². The molecule has 12 heavy (non-hydrogen) atoms. The molecule has 1 rings (SSSR count). The summed E-state index contributed by atoms with van der Waals surface area (Å²) in [6.07, 6.45) is 8.44. The molecule has 1 unspecified atom stereocenters. The van der Waals surface area contributed by atoms with E-state index < -0.39 is 0 Å². The van der Waals surface area contributed by atoms with Gasteiger partial charge in [-0.05, 0) is 19.3 Å². The molecule has 0 N–H and O–H groups in total. The average molecular weight is 282 g/mol. The Labute approximate surface area is 89.4 Å². The van der Waals surface area contributed by atoms with Crippen LogP contribution in [0.4, 0.5) is 0 Å². The molecule has 0 aromatic carbocycles. The van der Waals surface area contributed by atoms with Gasteiger partial charge in [0.1, 0.15) is 0 Å². The summed E-state index contributed by atoms with van der Waals surface area (Å²) in [6, 6.07) is 0. The molecular weight excluding hydrogens is 263 g/mol. The van der Waals surface area contributed by atoms with Crippen molar-refractivity contribution in [2.75, 3.05) is 6.61 Å². The largest absolute Gasteiger partial charge is 0.378 e. The standard InChI is InChI=1S/C10H19IO/c1-2-3-4-5-10-8-9(11)6-7-12-10/h9-10H,2-8H2,1H3/t9?,10-/m1/s1. The van der Waals surface area contributed by atoms with Gasteiger partial charge >= 0.3 is 0 Å². The predicted molar refractivity (Wildman–Crippen MR) is 60.9 cm³/mol. The molecule has 0 spiro atoms. The van der Waals surface area contributed by atoms with Crippen LogP contribution in [0.25, 0.3) is 0 Å². The van der Waals surface area contributed by atoms with Gasteiger partial charge in [-0.2, -0.15) is 0 Å². The molecule has 2 heteroatoms. The van der Waals surface area contributed by atoms with Crippen LogP contribution < -0.4 is 0 Å². The van der Waals surface area contributed by atoms with E-state index in [2.05, 4.69) is 29.5 Å². The highest BCUT2D eigenvalue weighted by molar-refractivity contribution is 14.1. The van der Waals surface area contributed by atoms with Crippen molar-refractivity contribution in [1.82, 2.24) is 0 Å². The first-order chi connectivity index (χ1) is 5.83. The summed E-state index contributed by atoms with van der Waals surface area (Å²) >= 11 is 2.55. The predicted octanol–water partition coefficient (Wildman–Crippen LogP) is 3.55. The Balaban J connectivity index is 2.06. The smallest absolute Gasteiger partial charge is 0.0585 e. The van der Waals surface area contributed by atoms with Crippen LogP contribution in [0.3, 0.4) is 0 Å². The molecule has 0 aromatic rings. The lowest BCUT2D eigenvalue weighted by Gasteiger charge is -2.26. The highest BCUT2D eigenvalue weighted by Gasteiger charge is 2.19. The van der Waals surface area contributed by atoms with Gasteiger partial charge in [0.05, 0.1) is 6.10 Å². The summed E-state index contributed by atoms with van der Waals surface area (Å²) in [5.74, 6) is 0. The van der Waals surface area contributed by atoms with Gasteiger partial charge in [0.25, 0.3) is 0 Å². The molecule has 0 amide bonds. The highest BCUT2D eigenvalue weighted by Crippen LogP contribution is 2.23. The van der Waals surface area contributed by atoms with E-state index in [0.717, 1.165) is 10.5 Å². The molecule has 0 aromatic heterocycles. The summed E-state index contributed by atoms with van der Waals surface area (Å²) in [6.45, 7) is 3.24. The quantitative estimate of drug-likeness (QED) is 0.435. The van der Waals surface area contributed by atoms with Gasteiger partial charge in [-0.15, -0.1) is 0 Å². The summed E-state index contributed by atoms with van der Waals surface area (Å²) in [4.78, 5) is 0. The molecule has 0 saturated carbocycles. The van der Waals surface area contributed by atoms with Gasteiger partial charge in [0.15, 0.2) is 0 Å². The minimum atomic E-state index is 0.576. The van der Waals surface area contributed by atoms with Crippen molar-refractivity contribution in [3.05, 3.63) is 0 Å². The first kappa shape index (κ1) is 10.8. The van der Waals surface area contributed by atoms with Crippen molar-refractivity contribution in [3.8, 4) is 0 Å². The fourth-order valence-electron chi connectivity index (χ4n) is 1.66. The SMILES string of the molecule is CCCCC[C@@H]1CC(I)CCO1. The number of hydrogen-bond donors (Lipinski definition) is 0. The van der Waals surface area contributed by atoms with E-state index in [1.165, 1.54) is 38.5 Å². The summed E-state index contributed by atoms with van der Waals surface area (Å²) in [7, 11) is 0. The van der Waals surface area contributed by atoms with Gasteiger partial charge in [-0.1, -0.05) is 48.8 Å². The number of ether oxygens (including phenoxy) is 1. The number of halogens is 1. The van der Waals surface area contributed by atoms with Crippen molar-refractivity contribution in [3.63, 3.8) is 0 Å². The lowest BCUT2D eigenvalue weighted by molar-refractivity contribution is 0.0146. The second-order valence-electron chi connectivity index (χ2n) is 3.61. The Bertz CT molecular complexity index is 116. The number of rotatable bonds is 4. The van der Waals surface area contributed by atoms with Crippen LogP contribution in [0.5, 0.6) is 0 Å². The van der Waals surface area contributed by atoms with Crippen LogP contribution in [-0.4, -0.2) is 16.6 Å². The molecule has 1 nitrogen and oxygen atoms in total. The van der Waals surface area contributed by atoms with Crippen LogP contribution in [0.1, 0.15) is 45.4 Å².